The quantitative estimate of drug-likeness (QED) is 0.765. The van der Waals surface area contributed by atoms with Crippen LogP contribution in [0, 0.1) is 23.1 Å². The largest absolute Gasteiger partial charge is 0.465 e. The molecule has 0 radical (unpaired) electrons. The van der Waals surface area contributed by atoms with E-state index in [-0.39, 0.29) is 11.5 Å². The smallest absolute Gasteiger partial charge is 0.340 e. The molecule has 5 heteroatoms. The van der Waals surface area contributed by atoms with E-state index in [2.05, 4.69) is 10.8 Å². The molecule has 102 valence electrons. The summed E-state index contributed by atoms with van der Waals surface area (Å²) in [4.78, 5) is 13.2. The number of hydrogen-bond donors (Lipinski definition) is 0. The van der Waals surface area contributed by atoms with Crippen LogP contribution in [0.15, 0.2) is 18.2 Å². The first kappa shape index (κ1) is 15.1. The molecule has 1 aromatic rings. The second-order valence-electron chi connectivity index (χ2n) is 4.53. The zero-order chi connectivity index (χ0) is 14.4. The van der Waals surface area contributed by atoms with E-state index in [1.54, 1.807) is 6.07 Å². The Morgan fingerprint density at radius 1 is 1.58 bits per heavy atom. The van der Waals surface area contributed by atoms with Crippen LogP contribution in [0.3, 0.4) is 0 Å². The summed E-state index contributed by atoms with van der Waals surface area (Å²) in [5.74, 6) is -1.36. The fraction of sp³-hybridized carbons (Fsp3) is 0.429. The molecule has 1 atom stereocenters. The number of nitriles is 1. The van der Waals surface area contributed by atoms with Gasteiger partial charge in [-0.1, -0.05) is 6.07 Å². The summed E-state index contributed by atoms with van der Waals surface area (Å²) in [7, 11) is 3.08. The van der Waals surface area contributed by atoms with Gasteiger partial charge in [-0.2, -0.15) is 5.26 Å². The maximum absolute atomic E-state index is 13.7. The van der Waals surface area contributed by atoms with E-state index in [0.29, 0.717) is 13.1 Å². The molecule has 0 amide bonds. The second kappa shape index (κ2) is 6.86. The lowest BCUT2D eigenvalue weighted by atomic mass is 10.1. The van der Waals surface area contributed by atoms with Crippen LogP contribution in [0.1, 0.15) is 22.8 Å². The topological polar surface area (TPSA) is 53.3 Å². The van der Waals surface area contributed by atoms with Crippen LogP contribution in [-0.4, -0.2) is 31.6 Å². The fourth-order valence-electron chi connectivity index (χ4n) is 1.82. The van der Waals surface area contributed by atoms with Crippen molar-refractivity contribution in [2.75, 3.05) is 20.7 Å². The number of hydrogen-bond acceptors (Lipinski definition) is 4. The molecule has 1 aromatic carbocycles. The Balaban J connectivity index is 2.74. The Labute approximate surface area is 112 Å². The SMILES string of the molecule is COC(=O)c1ccc(CN(C)CC(C)C#N)cc1F. The van der Waals surface area contributed by atoms with E-state index in [1.165, 1.54) is 19.2 Å². The number of methoxy groups -OCH3 is 1. The first-order chi connectivity index (χ1) is 8.97. The number of rotatable bonds is 5. The number of ether oxygens (including phenoxy) is 1. The minimum atomic E-state index is -0.685. The Bertz CT molecular complexity index is 497. The first-order valence-corrected chi connectivity index (χ1v) is 5.92. The lowest BCUT2D eigenvalue weighted by molar-refractivity contribution is 0.0595. The van der Waals surface area contributed by atoms with Crippen molar-refractivity contribution in [3.05, 3.63) is 35.1 Å². The lowest BCUT2D eigenvalue weighted by Gasteiger charge is -2.18. The van der Waals surface area contributed by atoms with Crippen molar-refractivity contribution in [3.8, 4) is 6.07 Å². The maximum atomic E-state index is 13.7. The summed E-state index contributed by atoms with van der Waals surface area (Å²) in [6.07, 6.45) is 0. The van der Waals surface area contributed by atoms with Gasteiger partial charge in [0.05, 0.1) is 24.7 Å². The van der Waals surface area contributed by atoms with Gasteiger partial charge < -0.3 is 9.64 Å². The van der Waals surface area contributed by atoms with E-state index < -0.39 is 11.8 Å². The van der Waals surface area contributed by atoms with E-state index in [4.69, 9.17) is 5.26 Å². The molecule has 0 bridgehead atoms. The highest BCUT2D eigenvalue weighted by molar-refractivity contribution is 5.89. The predicted molar refractivity (Wildman–Crippen MR) is 68.9 cm³/mol. The molecule has 0 N–H and O–H groups in total. The van der Waals surface area contributed by atoms with Gasteiger partial charge in [0, 0.05) is 13.1 Å². The number of benzene rings is 1. The Kier molecular flexibility index (Phi) is 5.46. The minimum Gasteiger partial charge on any atom is -0.465 e. The number of esters is 1. The van der Waals surface area contributed by atoms with Gasteiger partial charge in [-0.15, -0.1) is 0 Å². The van der Waals surface area contributed by atoms with Crippen molar-refractivity contribution in [1.82, 2.24) is 4.90 Å². The van der Waals surface area contributed by atoms with Crippen molar-refractivity contribution < 1.29 is 13.9 Å². The lowest BCUT2D eigenvalue weighted by Crippen LogP contribution is -2.23. The van der Waals surface area contributed by atoms with Crippen LogP contribution in [0.2, 0.25) is 0 Å². The van der Waals surface area contributed by atoms with E-state index in [1.807, 2.05) is 18.9 Å². The molecule has 19 heavy (non-hydrogen) atoms. The van der Waals surface area contributed by atoms with Gasteiger partial charge in [0.2, 0.25) is 0 Å². The Morgan fingerprint density at radius 3 is 2.79 bits per heavy atom. The maximum Gasteiger partial charge on any atom is 0.340 e. The first-order valence-electron chi connectivity index (χ1n) is 5.92. The molecule has 0 heterocycles. The van der Waals surface area contributed by atoms with Crippen molar-refractivity contribution >= 4 is 5.97 Å². The summed E-state index contributed by atoms with van der Waals surface area (Å²) in [5.41, 5.74) is 0.678. The molecule has 1 unspecified atom stereocenters. The van der Waals surface area contributed by atoms with Crippen LogP contribution in [0.4, 0.5) is 4.39 Å². The molecule has 0 aliphatic heterocycles. The van der Waals surface area contributed by atoms with Crippen molar-refractivity contribution in [2.45, 2.75) is 13.5 Å². The van der Waals surface area contributed by atoms with Gasteiger partial charge in [-0.3, -0.25) is 0 Å². The third kappa shape index (κ3) is 4.34. The average molecular weight is 264 g/mol. The average Bonchev–Trinajstić information content (AvgIpc) is 2.37. The second-order valence-corrected chi connectivity index (χ2v) is 4.53. The Hall–Kier alpha value is -1.93. The molecule has 0 aliphatic carbocycles. The van der Waals surface area contributed by atoms with Gasteiger partial charge in [-0.05, 0) is 31.7 Å². The standard InChI is InChI=1S/C14H17FN2O2/c1-10(7-16)8-17(2)9-11-4-5-12(13(15)6-11)14(18)19-3/h4-6,10H,8-9H2,1-3H3. The summed E-state index contributed by atoms with van der Waals surface area (Å²) < 4.78 is 18.2. The van der Waals surface area contributed by atoms with E-state index in [0.717, 1.165) is 5.56 Å². The molecule has 0 aromatic heterocycles. The van der Waals surface area contributed by atoms with Crippen LogP contribution in [0.5, 0.6) is 0 Å². The molecule has 0 saturated carbocycles. The number of halogens is 1. The highest BCUT2D eigenvalue weighted by Crippen LogP contribution is 2.13. The highest BCUT2D eigenvalue weighted by atomic mass is 19.1. The van der Waals surface area contributed by atoms with Gasteiger partial charge >= 0.3 is 5.97 Å². The monoisotopic (exact) mass is 264 g/mol. The normalized spacial score (nSPS) is 12.0. The molecular weight excluding hydrogens is 247 g/mol. The Morgan fingerprint density at radius 2 is 2.26 bits per heavy atom. The van der Waals surface area contributed by atoms with Gasteiger partial charge in [0.1, 0.15) is 5.82 Å². The van der Waals surface area contributed by atoms with E-state index >= 15 is 0 Å². The van der Waals surface area contributed by atoms with Crippen LogP contribution in [-0.2, 0) is 11.3 Å². The van der Waals surface area contributed by atoms with Crippen molar-refractivity contribution in [1.29, 1.82) is 5.26 Å². The van der Waals surface area contributed by atoms with Crippen LogP contribution >= 0.6 is 0 Å². The molecule has 0 saturated heterocycles. The van der Waals surface area contributed by atoms with Gasteiger partial charge in [0.15, 0.2) is 0 Å². The summed E-state index contributed by atoms with van der Waals surface area (Å²) in [5, 5.41) is 8.73. The third-order valence-electron chi connectivity index (χ3n) is 2.70. The highest BCUT2D eigenvalue weighted by Gasteiger charge is 2.13. The van der Waals surface area contributed by atoms with Crippen molar-refractivity contribution in [2.24, 2.45) is 5.92 Å². The number of carbonyl (C=O) groups is 1. The molecular formula is C14H17FN2O2. The number of nitrogens with zero attached hydrogens (tertiary/aromatic N) is 2. The molecule has 0 fully saturated rings. The third-order valence-corrected chi connectivity index (χ3v) is 2.70. The van der Waals surface area contributed by atoms with Crippen LogP contribution in [0.25, 0.3) is 0 Å². The van der Waals surface area contributed by atoms with Gasteiger partial charge in [0.25, 0.3) is 0 Å². The summed E-state index contributed by atoms with van der Waals surface area (Å²) in [6.45, 7) is 2.96. The van der Waals surface area contributed by atoms with Gasteiger partial charge in [-0.25, -0.2) is 9.18 Å². The molecule has 0 spiro atoms. The predicted octanol–water partition coefficient (Wildman–Crippen LogP) is 2.20. The summed E-state index contributed by atoms with van der Waals surface area (Å²) >= 11 is 0. The fourth-order valence-corrected chi connectivity index (χ4v) is 1.82. The molecule has 4 nitrogen and oxygen atoms in total. The molecule has 1 rings (SSSR count). The van der Waals surface area contributed by atoms with E-state index in [9.17, 15) is 9.18 Å². The summed E-state index contributed by atoms with van der Waals surface area (Å²) in [6, 6.07) is 6.57. The zero-order valence-electron chi connectivity index (χ0n) is 11.3. The van der Waals surface area contributed by atoms with Crippen LogP contribution < -0.4 is 0 Å². The van der Waals surface area contributed by atoms with Crippen molar-refractivity contribution in [3.63, 3.8) is 0 Å². The molecule has 0 aliphatic rings. The minimum absolute atomic E-state index is 0.0701. The number of carbonyl (C=O) groups excluding carboxylic acids is 1. The zero-order valence-corrected chi connectivity index (χ0v) is 11.3.